The summed E-state index contributed by atoms with van der Waals surface area (Å²) in [7, 11) is -3.11. The Morgan fingerprint density at radius 1 is 1.24 bits per heavy atom. The lowest BCUT2D eigenvalue weighted by atomic mass is 10.4. The average molecular weight is 310 g/mol. The van der Waals surface area contributed by atoms with E-state index in [1.165, 1.54) is 24.3 Å². The Kier molecular flexibility index (Phi) is 3.76. The van der Waals surface area contributed by atoms with Crippen LogP contribution >= 0.6 is 0 Å². The van der Waals surface area contributed by atoms with Gasteiger partial charge in [0, 0.05) is 12.3 Å². The molecule has 0 saturated heterocycles. The summed E-state index contributed by atoms with van der Waals surface area (Å²) in [5.41, 5.74) is -1.28. The smallest absolute Gasteiger partial charge is 0.362 e. The number of methoxy groups -OCH3 is 1. The number of nitro groups is 1. The molecule has 110 valence electrons. The number of benzene rings is 1. The Balaban J connectivity index is 2.70. The Hall–Kier alpha value is -2.68. The van der Waals surface area contributed by atoms with Crippen LogP contribution < -0.4 is 0 Å². The van der Waals surface area contributed by atoms with E-state index in [0.717, 1.165) is 19.4 Å². The Labute approximate surface area is 119 Å². The molecule has 0 fully saturated rings. The first-order chi connectivity index (χ1) is 9.89. The number of aromatic nitrogens is 1. The van der Waals surface area contributed by atoms with E-state index in [2.05, 4.69) is 4.74 Å². The molecular formula is C12H10N2O6S. The van der Waals surface area contributed by atoms with E-state index in [4.69, 9.17) is 0 Å². The van der Waals surface area contributed by atoms with Crippen molar-refractivity contribution in [2.75, 3.05) is 7.11 Å². The van der Waals surface area contributed by atoms with Crippen LogP contribution in [0.3, 0.4) is 0 Å². The fraction of sp³-hybridized carbons (Fsp3) is 0.0833. The molecule has 0 aliphatic carbocycles. The van der Waals surface area contributed by atoms with Gasteiger partial charge in [0.2, 0.25) is 5.69 Å². The number of esters is 1. The molecule has 0 aliphatic rings. The maximum absolute atomic E-state index is 12.4. The largest absolute Gasteiger partial charge is 0.464 e. The number of rotatable bonds is 4. The highest BCUT2D eigenvalue weighted by Gasteiger charge is 2.32. The molecule has 1 aromatic carbocycles. The molecule has 0 radical (unpaired) electrons. The average Bonchev–Trinajstić information content (AvgIpc) is 2.93. The Morgan fingerprint density at radius 3 is 2.38 bits per heavy atom. The molecular weight excluding hydrogens is 300 g/mol. The fourth-order valence-corrected chi connectivity index (χ4v) is 3.11. The molecule has 0 spiro atoms. The van der Waals surface area contributed by atoms with Crippen molar-refractivity contribution in [1.82, 2.24) is 3.97 Å². The second-order valence-corrected chi connectivity index (χ2v) is 5.73. The minimum atomic E-state index is -4.13. The van der Waals surface area contributed by atoms with E-state index >= 15 is 0 Å². The van der Waals surface area contributed by atoms with Crippen LogP contribution in [0.4, 0.5) is 5.69 Å². The number of hydrogen-bond donors (Lipinski definition) is 0. The van der Waals surface area contributed by atoms with Crippen LogP contribution in [0.5, 0.6) is 0 Å². The minimum Gasteiger partial charge on any atom is -0.464 e. The van der Waals surface area contributed by atoms with Crippen LogP contribution in [0, 0.1) is 10.1 Å². The molecule has 1 heterocycles. The lowest BCUT2D eigenvalue weighted by molar-refractivity contribution is -0.385. The number of carbonyl (C=O) groups excluding carboxylic acids is 1. The van der Waals surface area contributed by atoms with Gasteiger partial charge in [0.05, 0.1) is 16.9 Å². The van der Waals surface area contributed by atoms with E-state index in [1.54, 1.807) is 6.07 Å². The van der Waals surface area contributed by atoms with Crippen LogP contribution in [0.2, 0.25) is 0 Å². The third-order valence-corrected chi connectivity index (χ3v) is 4.40. The zero-order valence-corrected chi connectivity index (χ0v) is 11.6. The van der Waals surface area contributed by atoms with Gasteiger partial charge >= 0.3 is 11.7 Å². The normalized spacial score (nSPS) is 11.1. The molecule has 0 aliphatic heterocycles. The third-order valence-electron chi connectivity index (χ3n) is 2.71. The van der Waals surface area contributed by atoms with Gasteiger partial charge in [-0.1, -0.05) is 18.2 Å². The third kappa shape index (κ3) is 2.50. The number of carbonyl (C=O) groups is 1. The van der Waals surface area contributed by atoms with Gasteiger partial charge in [-0.2, -0.15) is 0 Å². The molecule has 0 amide bonds. The molecule has 21 heavy (non-hydrogen) atoms. The summed E-state index contributed by atoms with van der Waals surface area (Å²) in [5, 5.41) is 10.9. The van der Waals surface area contributed by atoms with Crippen LogP contribution in [-0.4, -0.2) is 30.4 Å². The zero-order valence-electron chi connectivity index (χ0n) is 10.8. The van der Waals surface area contributed by atoms with E-state index in [-0.39, 0.29) is 4.90 Å². The first-order valence-corrected chi connectivity index (χ1v) is 7.08. The summed E-state index contributed by atoms with van der Waals surface area (Å²) < 4.78 is 29.9. The van der Waals surface area contributed by atoms with Crippen molar-refractivity contribution in [3.8, 4) is 0 Å². The van der Waals surface area contributed by atoms with Gasteiger partial charge in [0.25, 0.3) is 10.0 Å². The van der Waals surface area contributed by atoms with E-state index in [9.17, 15) is 23.3 Å². The fourth-order valence-electron chi connectivity index (χ4n) is 1.75. The maximum atomic E-state index is 12.4. The first-order valence-electron chi connectivity index (χ1n) is 5.64. The Morgan fingerprint density at radius 2 is 1.86 bits per heavy atom. The highest BCUT2D eigenvalue weighted by atomic mass is 32.2. The van der Waals surface area contributed by atoms with E-state index in [1.807, 2.05) is 0 Å². The SMILES string of the molecule is COC(=O)c1c([N+](=O)[O-])ccn1S(=O)(=O)c1ccccc1. The molecule has 9 heteroatoms. The molecule has 0 N–H and O–H groups in total. The molecule has 2 rings (SSSR count). The quantitative estimate of drug-likeness (QED) is 0.480. The van der Waals surface area contributed by atoms with E-state index < -0.39 is 32.3 Å². The van der Waals surface area contributed by atoms with Crippen molar-refractivity contribution in [2.24, 2.45) is 0 Å². The first kappa shape index (κ1) is 14.7. The van der Waals surface area contributed by atoms with Gasteiger partial charge in [0.1, 0.15) is 0 Å². The summed E-state index contributed by atoms with van der Waals surface area (Å²) in [6, 6.07) is 8.21. The summed E-state index contributed by atoms with van der Waals surface area (Å²) in [5.74, 6) is -1.11. The second kappa shape index (κ2) is 5.37. The van der Waals surface area contributed by atoms with Crippen molar-refractivity contribution in [3.63, 3.8) is 0 Å². The summed E-state index contributed by atoms with van der Waals surface area (Å²) in [4.78, 5) is 21.7. The van der Waals surface area contributed by atoms with Crippen molar-refractivity contribution in [2.45, 2.75) is 4.90 Å². The van der Waals surface area contributed by atoms with Gasteiger partial charge in [-0.25, -0.2) is 17.2 Å². The molecule has 1 aromatic heterocycles. The van der Waals surface area contributed by atoms with Crippen molar-refractivity contribution >= 4 is 21.7 Å². The molecule has 0 saturated carbocycles. The molecule has 0 atom stereocenters. The lowest BCUT2D eigenvalue weighted by Gasteiger charge is -2.08. The summed E-state index contributed by atoms with van der Waals surface area (Å²) in [6.45, 7) is 0. The second-order valence-electron chi connectivity index (χ2n) is 3.91. The van der Waals surface area contributed by atoms with Gasteiger partial charge in [-0.15, -0.1) is 0 Å². The standard InChI is InChI=1S/C12H10N2O6S/c1-20-12(15)11-10(14(16)17)7-8-13(11)21(18,19)9-5-3-2-4-6-9/h2-8H,1H3. The summed E-state index contributed by atoms with van der Waals surface area (Å²) >= 11 is 0. The predicted molar refractivity (Wildman–Crippen MR) is 71.5 cm³/mol. The lowest BCUT2D eigenvalue weighted by Crippen LogP contribution is -2.19. The molecule has 2 aromatic rings. The van der Waals surface area contributed by atoms with Crippen molar-refractivity contribution in [1.29, 1.82) is 0 Å². The minimum absolute atomic E-state index is 0.0966. The van der Waals surface area contributed by atoms with Gasteiger partial charge in [0.15, 0.2) is 0 Å². The molecule has 8 nitrogen and oxygen atoms in total. The number of ether oxygens (including phenoxy) is 1. The molecule has 0 bridgehead atoms. The Bertz CT molecular complexity index is 794. The van der Waals surface area contributed by atoms with Gasteiger partial charge < -0.3 is 4.74 Å². The predicted octanol–water partition coefficient (Wildman–Crippen LogP) is 1.42. The highest BCUT2D eigenvalue weighted by Crippen LogP contribution is 2.25. The zero-order chi connectivity index (χ0) is 15.6. The van der Waals surface area contributed by atoms with E-state index in [0.29, 0.717) is 3.97 Å². The number of hydrogen-bond acceptors (Lipinski definition) is 6. The van der Waals surface area contributed by atoms with Crippen LogP contribution in [-0.2, 0) is 14.8 Å². The highest BCUT2D eigenvalue weighted by molar-refractivity contribution is 7.90. The summed E-state index contributed by atoms with van der Waals surface area (Å²) in [6.07, 6.45) is 0.951. The van der Waals surface area contributed by atoms with Crippen LogP contribution in [0.1, 0.15) is 10.5 Å². The van der Waals surface area contributed by atoms with Gasteiger partial charge in [-0.05, 0) is 12.1 Å². The van der Waals surface area contributed by atoms with Crippen LogP contribution in [0.25, 0.3) is 0 Å². The molecule has 0 unspecified atom stereocenters. The topological polar surface area (TPSA) is 109 Å². The van der Waals surface area contributed by atoms with Crippen molar-refractivity contribution in [3.05, 3.63) is 58.4 Å². The van der Waals surface area contributed by atoms with Crippen molar-refractivity contribution < 1.29 is 22.9 Å². The monoisotopic (exact) mass is 310 g/mol. The van der Waals surface area contributed by atoms with Gasteiger partial charge in [-0.3, -0.25) is 10.1 Å². The van der Waals surface area contributed by atoms with Crippen LogP contribution in [0.15, 0.2) is 47.5 Å². The number of nitrogens with zero attached hydrogens (tertiary/aromatic N) is 2. The maximum Gasteiger partial charge on any atom is 0.362 e.